The molecule has 23 heavy (non-hydrogen) atoms. The van der Waals surface area contributed by atoms with Gasteiger partial charge >= 0.3 is 0 Å². The minimum absolute atomic E-state index is 0.197. The Morgan fingerprint density at radius 1 is 1.39 bits per heavy atom. The number of rotatable bonds is 5. The van der Waals surface area contributed by atoms with Crippen LogP contribution in [0.25, 0.3) is 0 Å². The molecule has 124 valence electrons. The molecular weight excluding hydrogens is 292 g/mol. The fraction of sp³-hybridized carbons (Fsp3) is 0.611. The van der Waals surface area contributed by atoms with Gasteiger partial charge in [-0.3, -0.25) is 4.90 Å². The Hall–Kier alpha value is -1.61. The van der Waals surface area contributed by atoms with Gasteiger partial charge in [-0.05, 0) is 31.0 Å². The lowest BCUT2D eigenvalue weighted by molar-refractivity contribution is -0.0532. The highest BCUT2D eigenvalue weighted by Crippen LogP contribution is 2.32. The van der Waals surface area contributed by atoms with Crippen LogP contribution in [0.3, 0.4) is 0 Å². The molecule has 1 aliphatic heterocycles. The van der Waals surface area contributed by atoms with E-state index >= 15 is 0 Å². The maximum absolute atomic E-state index is 10.2. The van der Waals surface area contributed by atoms with Crippen molar-refractivity contribution in [3.05, 3.63) is 29.8 Å². The fourth-order valence-electron chi connectivity index (χ4n) is 3.68. The first kappa shape index (κ1) is 16.3. The van der Waals surface area contributed by atoms with Crippen molar-refractivity contribution in [3.63, 3.8) is 0 Å². The number of aliphatic hydroxyl groups is 1. The van der Waals surface area contributed by atoms with Gasteiger partial charge in [-0.2, -0.15) is 5.26 Å². The Labute approximate surface area is 137 Å². The van der Waals surface area contributed by atoms with Crippen LogP contribution in [0.1, 0.15) is 24.8 Å². The van der Waals surface area contributed by atoms with E-state index in [0.717, 1.165) is 44.7 Å². The summed E-state index contributed by atoms with van der Waals surface area (Å²) in [5.41, 5.74) is 0.612. The van der Waals surface area contributed by atoms with E-state index in [0.29, 0.717) is 24.7 Å². The van der Waals surface area contributed by atoms with E-state index in [1.807, 2.05) is 12.1 Å². The lowest BCUT2D eigenvalue weighted by Gasteiger charge is -2.40. The molecule has 2 fully saturated rings. The molecule has 3 atom stereocenters. The molecule has 1 saturated carbocycles. The smallest absolute Gasteiger partial charge is 0.120 e. The van der Waals surface area contributed by atoms with E-state index < -0.39 is 0 Å². The summed E-state index contributed by atoms with van der Waals surface area (Å²) in [6.45, 7) is 3.71. The second-order valence-electron chi connectivity index (χ2n) is 6.33. The van der Waals surface area contributed by atoms with Gasteiger partial charge < -0.3 is 14.6 Å². The van der Waals surface area contributed by atoms with Gasteiger partial charge in [0.05, 0.1) is 31.0 Å². The van der Waals surface area contributed by atoms with E-state index in [1.54, 1.807) is 12.1 Å². The maximum atomic E-state index is 10.2. The lowest BCUT2D eigenvalue weighted by atomic mass is 9.94. The molecule has 2 aliphatic rings. The van der Waals surface area contributed by atoms with Crippen LogP contribution in [0.15, 0.2) is 24.3 Å². The molecule has 1 saturated heterocycles. The summed E-state index contributed by atoms with van der Waals surface area (Å²) in [7, 11) is 0. The molecule has 5 heteroatoms. The van der Waals surface area contributed by atoms with E-state index in [-0.39, 0.29) is 12.1 Å². The summed E-state index contributed by atoms with van der Waals surface area (Å²) < 4.78 is 11.4. The van der Waals surface area contributed by atoms with E-state index in [4.69, 9.17) is 14.7 Å². The summed E-state index contributed by atoms with van der Waals surface area (Å²) >= 11 is 0. The standard InChI is InChI=1S/C18H24N2O3/c19-12-14-3-1-4-15(11-14)23-10-8-20-7-9-22-13-17(20)16-5-2-6-18(16)21/h1,3-4,11,16-18,21H,2,5-10,13H2/t16-,17+,18+/m0/s1. The number of nitriles is 1. The van der Waals surface area contributed by atoms with Crippen molar-refractivity contribution in [3.8, 4) is 11.8 Å². The fourth-order valence-corrected chi connectivity index (χ4v) is 3.68. The SMILES string of the molecule is N#Cc1cccc(OCCN2CCOC[C@@H]2[C@@H]2CCC[C@H]2O)c1. The minimum Gasteiger partial charge on any atom is -0.492 e. The van der Waals surface area contributed by atoms with Gasteiger partial charge in [0.1, 0.15) is 12.4 Å². The molecule has 1 heterocycles. The van der Waals surface area contributed by atoms with Gasteiger partial charge in [0.15, 0.2) is 0 Å². The Morgan fingerprint density at radius 3 is 3.09 bits per heavy atom. The third kappa shape index (κ3) is 4.03. The van der Waals surface area contributed by atoms with Gasteiger partial charge in [-0.15, -0.1) is 0 Å². The van der Waals surface area contributed by atoms with Crippen LogP contribution in [0.5, 0.6) is 5.75 Å². The zero-order valence-electron chi connectivity index (χ0n) is 13.4. The average Bonchev–Trinajstić information content (AvgIpc) is 3.01. The third-order valence-electron chi connectivity index (χ3n) is 4.92. The molecular formula is C18H24N2O3. The topological polar surface area (TPSA) is 65.7 Å². The molecule has 5 nitrogen and oxygen atoms in total. The van der Waals surface area contributed by atoms with Crippen molar-refractivity contribution in [2.75, 3.05) is 32.9 Å². The van der Waals surface area contributed by atoms with Crippen molar-refractivity contribution in [2.45, 2.75) is 31.4 Å². The summed E-state index contributed by atoms with van der Waals surface area (Å²) in [4.78, 5) is 2.39. The molecule has 3 rings (SSSR count). The van der Waals surface area contributed by atoms with Gasteiger partial charge in [0.2, 0.25) is 0 Å². The molecule has 0 spiro atoms. The monoisotopic (exact) mass is 316 g/mol. The molecule has 1 aromatic carbocycles. The first-order valence-electron chi connectivity index (χ1n) is 8.41. The zero-order valence-corrected chi connectivity index (χ0v) is 13.4. The number of benzene rings is 1. The molecule has 0 radical (unpaired) electrons. The Balaban J connectivity index is 1.54. The Kier molecular flexibility index (Phi) is 5.50. The number of hydrogen-bond acceptors (Lipinski definition) is 5. The van der Waals surface area contributed by atoms with Crippen LogP contribution in [0.2, 0.25) is 0 Å². The van der Waals surface area contributed by atoms with Crippen LogP contribution in [0, 0.1) is 17.2 Å². The number of morpholine rings is 1. The number of nitrogens with zero attached hydrogens (tertiary/aromatic N) is 2. The third-order valence-corrected chi connectivity index (χ3v) is 4.92. The number of ether oxygens (including phenoxy) is 2. The highest BCUT2D eigenvalue weighted by Gasteiger charge is 2.37. The van der Waals surface area contributed by atoms with Crippen molar-refractivity contribution in [1.29, 1.82) is 5.26 Å². The molecule has 0 aromatic heterocycles. The highest BCUT2D eigenvalue weighted by atomic mass is 16.5. The van der Waals surface area contributed by atoms with Gasteiger partial charge in [-0.25, -0.2) is 0 Å². The van der Waals surface area contributed by atoms with E-state index in [2.05, 4.69) is 11.0 Å². The largest absolute Gasteiger partial charge is 0.492 e. The number of hydrogen-bond donors (Lipinski definition) is 1. The first-order valence-corrected chi connectivity index (χ1v) is 8.41. The second kappa shape index (κ2) is 7.78. The zero-order chi connectivity index (χ0) is 16.1. The van der Waals surface area contributed by atoms with E-state index in [1.165, 1.54) is 0 Å². The quantitative estimate of drug-likeness (QED) is 0.897. The van der Waals surface area contributed by atoms with Crippen molar-refractivity contribution in [2.24, 2.45) is 5.92 Å². The van der Waals surface area contributed by atoms with Gasteiger partial charge in [0, 0.05) is 25.0 Å². The van der Waals surface area contributed by atoms with Crippen molar-refractivity contribution in [1.82, 2.24) is 4.90 Å². The van der Waals surface area contributed by atoms with Crippen LogP contribution in [0.4, 0.5) is 0 Å². The van der Waals surface area contributed by atoms with Crippen LogP contribution in [-0.2, 0) is 4.74 Å². The lowest BCUT2D eigenvalue weighted by Crippen LogP contribution is -2.52. The van der Waals surface area contributed by atoms with Gasteiger partial charge in [0.25, 0.3) is 0 Å². The molecule has 0 bridgehead atoms. The van der Waals surface area contributed by atoms with Crippen molar-refractivity contribution < 1.29 is 14.6 Å². The van der Waals surface area contributed by atoms with Gasteiger partial charge in [-0.1, -0.05) is 12.5 Å². The van der Waals surface area contributed by atoms with Crippen molar-refractivity contribution >= 4 is 0 Å². The summed E-state index contributed by atoms with van der Waals surface area (Å²) in [6.07, 6.45) is 2.90. The summed E-state index contributed by atoms with van der Waals surface area (Å²) in [5.74, 6) is 1.05. The second-order valence-corrected chi connectivity index (χ2v) is 6.33. The molecule has 0 amide bonds. The first-order chi connectivity index (χ1) is 11.3. The molecule has 0 unspecified atom stereocenters. The van der Waals surface area contributed by atoms with Crippen LogP contribution < -0.4 is 4.74 Å². The molecule has 1 aliphatic carbocycles. The minimum atomic E-state index is -0.197. The molecule has 1 N–H and O–H groups in total. The van der Waals surface area contributed by atoms with Crippen LogP contribution >= 0.6 is 0 Å². The predicted molar refractivity (Wildman–Crippen MR) is 86.2 cm³/mol. The summed E-state index contributed by atoms with van der Waals surface area (Å²) in [6, 6.07) is 9.65. The summed E-state index contributed by atoms with van der Waals surface area (Å²) in [5, 5.41) is 19.1. The van der Waals surface area contributed by atoms with Crippen LogP contribution in [-0.4, -0.2) is 55.1 Å². The Bertz CT molecular complexity index is 557. The predicted octanol–water partition coefficient (Wildman–Crippen LogP) is 1.80. The maximum Gasteiger partial charge on any atom is 0.120 e. The van der Waals surface area contributed by atoms with E-state index in [9.17, 15) is 5.11 Å². The normalized spacial score (nSPS) is 28.4. The highest BCUT2D eigenvalue weighted by molar-refractivity contribution is 5.36. The average molecular weight is 316 g/mol. The number of aliphatic hydroxyl groups excluding tert-OH is 1. The Morgan fingerprint density at radius 2 is 2.30 bits per heavy atom. The molecule has 1 aromatic rings.